The Kier molecular flexibility index (Phi) is 8.08. The van der Waals surface area contributed by atoms with Crippen molar-refractivity contribution in [2.45, 2.75) is 31.3 Å². The topological polar surface area (TPSA) is 95.5 Å². The zero-order chi connectivity index (χ0) is 25.3. The molecule has 4 rings (SSSR count). The van der Waals surface area contributed by atoms with Crippen molar-refractivity contribution in [3.63, 3.8) is 0 Å². The molecule has 0 heterocycles. The Morgan fingerprint density at radius 2 is 1.17 bits per heavy atom. The molecule has 0 unspecified atom stereocenters. The first kappa shape index (κ1) is 24.7. The van der Waals surface area contributed by atoms with E-state index in [0.29, 0.717) is 0 Å². The Morgan fingerprint density at radius 3 is 1.78 bits per heavy atom. The minimum atomic E-state index is -1.13. The second-order valence-electron chi connectivity index (χ2n) is 8.76. The molecule has 0 aliphatic heterocycles. The van der Waals surface area contributed by atoms with Crippen LogP contribution in [0.15, 0.2) is 103 Å². The summed E-state index contributed by atoms with van der Waals surface area (Å²) in [6.07, 6.45) is 0.495. The monoisotopic (exact) mass is 480 g/mol. The number of carboxylic acid groups (broad SMARTS) is 1. The van der Waals surface area contributed by atoms with Crippen molar-refractivity contribution in [2.75, 3.05) is 0 Å². The molecule has 0 aromatic heterocycles. The van der Waals surface area contributed by atoms with Crippen molar-refractivity contribution in [2.24, 2.45) is 0 Å². The number of benzene rings is 4. The number of hydrogen-bond acceptors (Lipinski definition) is 3. The number of aliphatic carboxylic acids is 1. The minimum Gasteiger partial charge on any atom is -0.480 e. The SMILES string of the molecule is O=C(Cc1ccc2ccccc2c1)N[C@@H](Cc1ccccc1)C(=O)N[C@H](Cc1ccccc1)C(=O)O. The van der Waals surface area contributed by atoms with Crippen LogP contribution < -0.4 is 10.6 Å². The first-order chi connectivity index (χ1) is 17.5. The van der Waals surface area contributed by atoms with Gasteiger partial charge in [-0.1, -0.05) is 103 Å². The maximum atomic E-state index is 13.2. The number of carboxylic acids is 1. The van der Waals surface area contributed by atoms with Gasteiger partial charge in [-0.05, 0) is 27.5 Å². The molecule has 4 aromatic carbocycles. The average Bonchev–Trinajstić information content (AvgIpc) is 2.89. The van der Waals surface area contributed by atoms with Crippen LogP contribution in [-0.2, 0) is 33.6 Å². The van der Waals surface area contributed by atoms with E-state index in [-0.39, 0.29) is 25.2 Å². The third kappa shape index (κ3) is 6.79. The lowest BCUT2D eigenvalue weighted by atomic mass is 10.0. The van der Waals surface area contributed by atoms with Crippen LogP contribution in [0.2, 0.25) is 0 Å². The van der Waals surface area contributed by atoms with Crippen LogP contribution in [0.25, 0.3) is 10.8 Å². The second-order valence-corrected chi connectivity index (χ2v) is 8.76. The van der Waals surface area contributed by atoms with Gasteiger partial charge in [0.05, 0.1) is 6.42 Å². The van der Waals surface area contributed by atoms with Crippen LogP contribution in [0, 0.1) is 0 Å². The Hall–Kier alpha value is -4.45. The standard InChI is InChI=1S/C30H28N2O4/c33-28(20-23-15-16-24-13-7-8-14-25(24)17-23)31-26(18-21-9-3-1-4-10-21)29(34)32-27(30(35)36)19-22-11-5-2-6-12-22/h1-17,26-27H,18-20H2,(H,31,33)(H,32,34)(H,35,36)/t26-,27+/m0/s1. The van der Waals surface area contributed by atoms with Gasteiger partial charge in [-0.3, -0.25) is 9.59 Å². The van der Waals surface area contributed by atoms with E-state index in [1.165, 1.54) is 0 Å². The van der Waals surface area contributed by atoms with Gasteiger partial charge in [0.2, 0.25) is 11.8 Å². The molecule has 4 aromatic rings. The highest BCUT2D eigenvalue weighted by Gasteiger charge is 2.27. The van der Waals surface area contributed by atoms with Crippen molar-refractivity contribution >= 4 is 28.6 Å². The summed E-state index contributed by atoms with van der Waals surface area (Å²) < 4.78 is 0. The third-order valence-electron chi connectivity index (χ3n) is 6.01. The molecule has 0 aliphatic carbocycles. The highest BCUT2D eigenvalue weighted by atomic mass is 16.4. The fraction of sp³-hybridized carbons (Fsp3) is 0.167. The number of amides is 2. The first-order valence-corrected chi connectivity index (χ1v) is 11.9. The second kappa shape index (κ2) is 11.8. The van der Waals surface area contributed by atoms with Gasteiger partial charge in [0.25, 0.3) is 0 Å². The number of hydrogen-bond donors (Lipinski definition) is 3. The van der Waals surface area contributed by atoms with E-state index in [1.807, 2.05) is 103 Å². The molecule has 2 atom stereocenters. The van der Waals surface area contributed by atoms with Crippen molar-refractivity contribution in [1.29, 1.82) is 0 Å². The lowest BCUT2D eigenvalue weighted by Gasteiger charge is -2.22. The smallest absolute Gasteiger partial charge is 0.326 e. The molecule has 2 amide bonds. The van der Waals surface area contributed by atoms with E-state index in [1.54, 1.807) is 0 Å². The van der Waals surface area contributed by atoms with Crippen LogP contribution in [0.4, 0.5) is 0 Å². The molecule has 0 saturated heterocycles. The summed E-state index contributed by atoms with van der Waals surface area (Å²) in [6, 6.07) is 30.1. The fourth-order valence-electron chi connectivity index (χ4n) is 4.16. The Labute approximate surface area is 210 Å². The van der Waals surface area contributed by atoms with Gasteiger partial charge < -0.3 is 15.7 Å². The predicted molar refractivity (Wildman–Crippen MR) is 139 cm³/mol. The molecule has 0 spiro atoms. The van der Waals surface area contributed by atoms with E-state index >= 15 is 0 Å². The van der Waals surface area contributed by atoms with Crippen LogP contribution >= 0.6 is 0 Å². The highest BCUT2D eigenvalue weighted by molar-refractivity contribution is 5.91. The van der Waals surface area contributed by atoms with Gasteiger partial charge in [-0.25, -0.2) is 4.79 Å². The van der Waals surface area contributed by atoms with E-state index in [4.69, 9.17) is 0 Å². The number of carbonyl (C=O) groups excluding carboxylic acids is 2. The minimum absolute atomic E-state index is 0.107. The molecular weight excluding hydrogens is 452 g/mol. The zero-order valence-corrected chi connectivity index (χ0v) is 19.8. The summed E-state index contributed by atoms with van der Waals surface area (Å²) in [5.41, 5.74) is 2.49. The van der Waals surface area contributed by atoms with Crippen molar-refractivity contribution in [1.82, 2.24) is 10.6 Å². The lowest BCUT2D eigenvalue weighted by molar-refractivity contribution is -0.142. The van der Waals surface area contributed by atoms with E-state index in [0.717, 1.165) is 27.5 Å². The van der Waals surface area contributed by atoms with Crippen LogP contribution in [0.1, 0.15) is 16.7 Å². The molecule has 0 saturated carbocycles. The highest BCUT2D eigenvalue weighted by Crippen LogP contribution is 2.16. The third-order valence-corrected chi connectivity index (χ3v) is 6.01. The molecule has 36 heavy (non-hydrogen) atoms. The summed E-state index contributed by atoms with van der Waals surface area (Å²) in [5, 5.41) is 17.3. The van der Waals surface area contributed by atoms with Crippen LogP contribution in [-0.4, -0.2) is 35.0 Å². The Balaban J connectivity index is 1.48. The first-order valence-electron chi connectivity index (χ1n) is 11.9. The summed E-state index contributed by atoms with van der Waals surface area (Å²) in [6.45, 7) is 0. The maximum absolute atomic E-state index is 13.2. The van der Waals surface area contributed by atoms with Gasteiger partial charge in [0.15, 0.2) is 0 Å². The summed E-state index contributed by atoms with van der Waals surface area (Å²) in [5.74, 6) is -1.97. The lowest BCUT2D eigenvalue weighted by Crippen LogP contribution is -2.53. The summed E-state index contributed by atoms with van der Waals surface area (Å²) in [7, 11) is 0. The van der Waals surface area contributed by atoms with E-state index in [2.05, 4.69) is 10.6 Å². The fourth-order valence-corrected chi connectivity index (χ4v) is 4.16. The average molecular weight is 481 g/mol. The molecule has 0 bridgehead atoms. The van der Waals surface area contributed by atoms with Crippen LogP contribution in [0.3, 0.4) is 0 Å². The molecule has 6 nitrogen and oxygen atoms in total. The molecule has 0 radical (unpaired) electrons. The summed E-state index contributed by atoms with van der Waals surface area (Å²) >= 11 is 0. The number of rotatable bonds is 10. The van der Waals surface area contributed by atoms with E-state index < -0.39 is 24.0 Å². The quantitative estimate of drug-likeness (QED) is 0.321. The molecule has 0 fully saturated rings. The van der Waals surface area contributed by atoms with Gasteiger partial charge in [0.1, 0.15) is 12.1 Å². The van der Waals surface area contributed by atoms with Crippen LogP contribution in [0.5, 0.6) is 0 Å². The number of nitrogens with one attached hydrogen (secondary N) is 2. The Morgan fingerprint density at radius 1 is 0.611 bits per heavy atom. The van der Waals surface area contributed by atoms with Crippen molar-refractivity contribution in [3.8, 4) is 0 Å². The van der Waals surface area contributed by atoms with E-state index in [9.17, 15) is 19.5 Å². The normalized spacial score (nSPS) is 12.4. The maximum Gasteiger partial charge on any atom is 0.326 e. The van der Waals surface area contributed by atoms with Gasteiger partial charge in [0, 0.05) is 12.8 Å². The Bertz CT molecular complexity index is 1340. The predicted octanol–water partition coefficient (Wildman–Crippen LogP) is 3.92. The molecule has 182 valence electrons. The van der Waals surface area contributed by atoms with Gasteiger partial charge >= 0.3 is 5.97 Å². The van der Waals surface area contributed by atoms with Gasteiger partial charge in [-0.2, -0.15) is 0 Å². The molecule has 0 aliphatic rings. The number of carbonyl (C=O) groups is 3. The molecular formula is C30H28N2O4. The van der Waals surface area contributed by atoms with Crippen molar-refractivity contribution in [3.05, 3.63) is 120 Å². The van der Waals surface area contributed by atoms with Gasteiger partial charge in [-0.15, -0.1) is 0 Å². The largest absolute Gasteiger partial charge is 0.480 e. The molecule has 6 heteroatoms. The summed E-state index contributed by atoms with van der Waals surface area (Å²) in [4.78, 5) is 38.1. The van der Waals surface area contributed by atoms with Crippen molar-refractivity contribution < 1.29 is 19.5 Å². The zero-order valence-electron chi connectivity index (χ0n) is 19.8. The molecule has 3 N–H and O–H groups in total. The number of fused-ring (bicyclic) bond motifs is 1.